The van der Waals surface area contributed by atoms with Gasteiger partial charge in [-0.2, -0.15) is 0 Å². The number of rotatable bonds is 2. The predicted octanol–water partition coefficient (Wildman–Crippen LogP) is -0.113. The molecule has 0 saturated carbocycles. The van der Waals surface area contributed by atoms with Gasteiger partial charge in [-0.05, 0) is 25.2 Å². The molecule has 1 N–H and O–H groups in total. The Morgan fingerprint density at radius 3 is 2.25 bits per heavy atom. The average Bonchev–Trinajstić information content (AvgIpc) is 2.40. The normalized spacial score (nSPS) is 30.4. The van der Waals surface area contributed by atoms with Crippen LogP contribution in [-0.2, 0) is 14.8 Å². The van der Waals surface area contributed by atoms with Crippen LogP contribution < -0.4 is 0 Å². The summed E-state index contributed by atoms with van der Waals surface area (Å²) < 4.78 is 24.3. The van der Waals surface area contributed by atoms with Gasteiger partial charge in [0, 0.05) is 32.1 Å². The number of amides is 1. The van der Waals surface area contributed by atoms with Crippen molar-refractivity contribution < 1.29 is 18.3 Å². The van der Waals surface area contributed by atoms with E-state index in [0.717, 1.165) is 0 Å². The van der Waals surface area contributed by atoms with Gasteiger partial charge in [-0.15, -0.1) is 0 Å². The second kappa shape index (κ2) is 5.99. The molecule has 2 aliphatic rings. The molecule has 20 heavy (non-hydrogen) atoms. The van der Waals surface area contributed by atoms with E-state index in [1.165, 1.54) is 10.6 Å². The Labute approximate surface area is 120 Å². The van der Waals surface area contributed by atoms with Gasteiger partial charge in [-0.25, -0.2) is 12.7 Å². The number of sulfonamides is 1. The SMILES string of the molecule is CC1CN(C(=O)C2CCN(S(C)(=O)=O)CC2)CCC1O. The summed E-state index contributed by atoms with van der Waals surface area (Å²) >= 11 is 0. The van der Waals surface area contributed by atoms with Gasteiger partial charge in [0.25, 0.3) is 0 Å². The van der Waals surface area contributed by atoms with Crippen molar-refractivity contribution in [2.24, 2.45) is 11.8 Å². The van der Waals surface area contributed by atoms with Crippen molar-refractivity contribution in [1.29, 1.82) is 0 Å². The van der Waals surface area contributed by atoms with E-state index in [-0.39, 0.29) is 23.8 Å². The predicted molar refractivity (Wildman–Crippen MR) is 75.5 cm³/mol. The molecule has 2 fully saturated rings. The highest BCUT2D eigenvalue weighted by atomic mass is 32.2. The van der Waals surface area contributed by atoms with Crippen LogP contribution in [0.15, 0.2) is 0 Å². The van der Waals surface area contributed by atoms with E-state index in [2.05, 4.69) is 0 Å². The topological polar surface area (TPSA) is 77.9 Å². The Bertz CT molecular complexity index is 457. The first-order chi connectivity index (χ1) is 9.29. The quantitative estimate of drug-likeness (QED) is 0.772. The number of aliphatic hydroxyl groups excluding tert-OH is 1. The number of carbonyl (C=O) groups is 1. The van der Waals surface area contributed by atoms with Gasteiger partial charge in [0.2, 0.25) is 15.9 Å². The number of likely N-dealkylation sites (tertiary alicyclic amines) is 1. The van der Waals surface area contributed by atoms with Crippen molar-refractivity contribution >= 4 is 15.9 Å². The number of hydrogen-bond acceptors (Lipinski definition) is 4. The molecule has 2 unspecified atom stereocenters. The minimum atomic E-state index is -3.14. The van der Waals surface area contributed by atoms with E-state index in [9.17, 15) is 18.3 Å². The Hall–Kier alpha value is -0.660. The number of hydrogen-bond donors (Lipinski definition) is 1. The fourth-order valence-electron chi connectivity index (χ4n) is 3.03. The lowest BCUT2D eigenvalue weighted by atomic mass is 9.92. The zero-order valence-corrected chi connectivity index (χ0v) is 13.0. The van der Waals surface area contributed by atoms with Crippen LogP contribution in [0.25, 0.3) is 0 Å². The van der Waals surface area contributed by atoms with Gasteiger partial charge in [0.15, 0.2) is 0 Å². The number of piperidine rings is 2. The maximum Gasteiger partial charge on any atom is 0.225 e. The molecule has 2 rings (SSSR count). The van der Waals surface area contributed by atoms with Crippen LogP contribution in [0.1, 0.15) is 26.2 Å². The van der Waals surface area contributed by atoms with Crippen LogP contribution in [0.2, 0.25) is 0 Å². The first-order valence-electron chi connectivity index (χ1n) is 7.21. The fourth-order valence-corrected chi connectivity index (χ4v) is 3.90. The summed E-state index contributed by atoms with van der Waals surface area (Å²) in [6.45, 7) is 4.03. The van der Waals surface area contributed by atoms with E-state index < -0.39 is 10.0 Å². The van der Waals surface area contributed by atoms with E-state index in [1.54, 1.807) is 0 Å². The van der Waals surface area contributed by atoms with E-state index in [4.69, 9.17) is 0 Å². The standard InChI is InChI=1S/C13H24N2O4S/c1-10-9-14(6-5-12(10)16)13(17)11-3-7-15(8-4-11)20(2,18)19/h10-12,16H,3-9H2,1-2H3. The van der Waals surface area contributed by atoms with Crippen molar-refractivity contribution in [3.05, 3.63) is 0 Å². The van der Waals surface area contributed by atoms with Crippen molar-refractivity contribution in [2.45, 2.75) is 32.3 Å². The largest absolute Gasteiger partial charge is 0.393 e. The fraction of sp³-hybridized carbons (Fsp3) is 0.923. The molecule has 2 heterocycles. The first kappa shape index (κ1) is 15.7. The smallest absolute Gasteiger partial charge is 0.225 e. The van der Waals surface area contributed by atoms with Crippen LogP contribution >= 0.6 is 0 Å². The summed E-state index contributed by atoms with van der Waals surface area (Å²) in [5.74, 6) is 0.163. The molecule has 2 atom stereocenters. The molecule has 0 aromatic heterocycles. The van der Waals surface area contributed by atoms with Gasteiger partial charge in [0.1, 0.15) is 0 Å². The van der Waals surface area contributed by atoms with Crippen molar-refractivity contribution in [3.8, 4) is 0 Å². The van der Waals surface area contributed by atoms with Crippen molar-refractivity contribution in [2.75, 3.05) is 32.4 Å². The minimum Gasteiger partial charge on any atom is -0.393 e. The van der Waals surface area contributed by atoms with E-state index in [1.807, 2.05) is 11.8 Å². The molecule has 2 aliphatic heterocycles. The second-order valence-corrected chi connectivity index (χ2v) is 8.04. The van der Waals surface area contributed by atoms with Gasteiger partial charge in [-0.1, -0.05) is 6.92 Å². The lowest BCUT2D eigenvalue weighted by molar-refractivity contribution is -0.140. The third-order valence-electron chi connectivity index (χ3n) is 4.44. The maximum absolute atomic E-state index is 12.4. The number of aliphatic hydroxyl groups is 1. The van der Waals surface area contributed by atoms with Crippen molar-refractivity contribution in [3.63, 3.8) is 0 Å². The van der Waals surface area contributed by atoms with E-state index in [0.29, 0.717) is 45.4 Å². The lowest BCUT2D eigenvalue weighted by Crippen LogP contribution is -2.49. The van der Waals surface area contributed by atoms with Crippen molar-refractivity contribution in [1.82, 2.24) is 9.21 Å². The van der Waals surface area contributed by atoms with Gasteiger partial charge in [-0.3, -0.25) is 4.79 Å². The summed E-state index contributed by atoms with van der Waals surface area (Å²) in [4.78, 5) is 14.3. The zero-order valence-electron chi connectivity index (χ0n) is 12.2. The Kier molecular flexibility index (Phi) is 4.71. The lowest BCUT2D eigenvalue weighted by Gasteiger charge is -2.38. The summed E-state index contributed by atoms with van der Waals surface area (Å²) in [5, 5.41) is 9.70. The molecule has 2 saturated heterocycles. The molecule has 0 bridgehead atoms. The van der Waals surface area contributed by atoms with E-state index >= 15 is 0 Å². The monoisotopic (exact) mass is 304 g/mol. The van der Waals surface area contributed by atoms with Crippen LogP contribution in [0, 0.1) is 11.8 Å². The molecule has 0 aromatic carbocycles. The molecule has 0 radical (unpaired) electrons. The molecule has 116 valence electrons. The Balaban J connectivity index is 1.89. The van der Waals surface area contributed by atoms with Gasteiger partial charge in [0.05, 0.1) is 12.4 Å². The van der Waals surface area contributed by atoms with Crippen LogP contribution in [0.3, 0.4) is 0 Å². The minimum absolute atomic E-state index is 0.0737. The molecule has 1 amide bonds. The molecule has 0 aliphatic carbocycles. The maximum atomic E-state index is 12.4. The molecular formula is C13H24N2O4S. The summed E-state index contributed by atoms with van der Waals surface area (Å²) in [5.41, 5.74) is 0. The Morgan fingerprint density at radius 2 is 1.75 bits per heavy atom. The zero-order chi connectivity index (χ0) is 14.9. The molecule has 0 spiro atoms. The third kappa shape index (κ3) is 3.51. The summed E-state index contributed by atoms with van der Waals surface area (Å²) in [7, 11) is -3.14. The molecule has 6 nitrogen and oxygen atoms in total. The number of carbonyl (C=O) groups excluding carboxylic acids is 1. The van der Waals surface area contributed by atoms with Crippen LogP contribution in [0.5, 0.6) is 0 Å². The average molecular weight is 304 g/mol. The van der Waals surface area contributed by atoms with Gasteiger partial charge >= 0.3 is 0 Å². The first-order valence-corrected chi connectivity index (χ1v) is 9.06. The number of nitrogens with zero attached hydrogens (tertiary/aromatic N) is 2. The highest BCUT2D eigenvalue weighted by molar-refractivity contribution is 7.88. The molecular weight excluding hydrogens is 280 g/mol. The van der Waals surface area contributed by atoms with Crippen LogP contribution in [-0.4, -0.2) is 67.2 Å². The Morgan fingerprint density at radius 1 is 1.15 bits per heavy atom. The van der Waals surface area contributed by atoms with Gasteiger partial charge < -0.3 is 10.0 Å². The van der Waals surface area contributed by atoms with Crippen LogP contribution in [0.4, 0.5) is 0 Å². The second-order valence-electron chi connectivity index (χ2n) is 6.05. The highest BCUT2D eigenvalue weighted by Crippen LogP contribution is 2.24. The third-order valence-corrected chi connectivity index (χ3v) is 5.75. The molecule has 0 aromatic rings. The summed E-state index contributed by atoms with van der Waals surface area (Å²) in [6.07, 6.45) is 2.72. The summed E-state index contributed by atoms with van der Waals surface area (Å²) in [6, 6.07) is 0. The molecule has 7 heteroatoms. The highest BCUT2D eigenvalue weighted by Gasteiger charge is 2.34.